The molecule has 0 radical (unpaired) electrons. The summed E-state index contributed by atoms with van der Waals surface area (Å²) in [6.07, 6.45) is 11.4. The predicted molar refractivity (Wildman–Crippen MR) is 506 cm³/mol. The number of likely N-dealkylation sites (N-methyl/N-ethyl adjacent to an activating group) is 1. The number of cyclic esters (lactones) is 1. The average Bonchev–Trinajstić information content (AvgIpc) is 1.59. The normalized spacial score (nSPS) is 19.6. The van der Waals surface area contributed by atoms with Gasteiger partial charge < -0.3 is 89.5 Å². The third kappa shape index (κ3) is 21.8. The molecule has 2 saturated carbocycles. The molecule has 0 bridgehead atoms. The van der Waals surface area contributed by atoms with Crippen LogP contribution in [0.2, 0.25) is 0 Å². The highest BCUT2D eigenvalue weighted by atomic mass is 16.6. The zero-order valence-corrected chi connectivity index (χ0v) is 74.1. The molecule has 3 fully saturated rings. The molecule has 0 spiro atoms. The SMILES string of the molecule is CC/C(=C(/CC)c1ccc(O)cc1)c1ccc(O)cc1.CC/C(=C(\c1ccccc1)c1ccc(OCCN(C)C)cc1)c1ccccc1.CC12CCC3c4ccc(O)cc4CCC3C1CCC2O.O=C1OCC(Cc2cccc(O)c2)C1Cc1cccc(O)c1.O=C1Oc2cc(O)cc(O)c2C2Oc3cc(O)ccc3C12.O=c1c(-c2ccc(O)cc2)coc2cc(O)cc(O)c12. The summed E-state index contributed by atoms with van der Waals surface area (Å²) >= 11 is 0. The number of ether oxygens (including phenoxy) is 4. The summed E-state index contributed by atoms with van der Waals surface area (Å²) in [5, 5.41) is 115. The maximum atomic E-state index is 12.4. The van der Waals surface area contributed by atoms with Gasteiger partial charge in [0.15, 0.2) is 0 Å². The van der Waals surface area contributed by atoms with Crippen LogP contribution in [-0.4, -0.2) is 118 Å². The Bertz CT molecular complexity index is 6230. The van der Waals surface area contributed by atoms with E-state index in [-0.39, 0.29) is 109 Å². The van der Waals surface area contributed by atoms with Gasteiger partial charge in [0.1, 0.15) is 116 Å². The van der Waals surface area contributed by atoms with Crippen molar-refractivity contribution in [2.24, 2.45) is 29.1 Å². The van der Waals surface area contributed by atoms with E-state index in [4.69, 9.17) is 23.4 Å². The van der Waals surface area contributed by atoms with Crippen molar-refractivity contribution < 1.29 is 94.2 Å². The van der Waals surface area contributed by atoms with E-state index in [9.17, 15) is 75.7 Å². The second-order valence-electron chi connectivity index (χ2n) is 34.5. The van der Waals surface area contributed by atoms with Gasteiger partial charge in [-0.1, -0.05) is 173 Å². The van der Waals surface area contributed by atoms with Gasteiger partial charge in [-0.3, -0.25) is 14.4 Å². The predicted octanol–water partition coefficient (Wildman–Crippen LogP) is 21.6. The Hall–Kier alpha value is -14.4. The van der Waals surface area contributed by atoms with Gasteiger partial charge in [0.05, 0.1) is 29.8 Å². The van der Waals surface area contributed by atoms with Crippen LogP contribution in [0.25, 0.3) is 44.4 Å². The number of phenols is 11. The first-order chi connectivity index (χ1) is 63.1. The van der Waals surface area contributed by atoms with E-state index >= 15 is 0 Å². The van der Waals surface area contributed by atoms with Gasteiger partial charge in [0, 0.05) is 48.4 Å². The van der Waals surface area contributed by atoms with Crippen LogP contribution < -0.4 is 19.6 Å². The molecule has 19 rings (SSSR count). The maximum absolute atomic E-state index is 12.4. The monoisotopic (exact) mass is 1770 g/mol. The summed E-state index contributed by atoms with van der Waals surface area (Å²) < 4.78 is 27.3. The molecule has 21 nitrogen and oxygen atoms in total. The molecular formula is C110H111NO20. The number of allylic oxidation sites excluding steroid dienone is 3. The molecule has 21 heteroatoms. The number of fused-ring (bicyclic) bond motifs is 11. The molecule has 9 atom stereocenters. The van der Waals surface area contributed by atoms with Crippen LogP contribution >= 0.6 is 0 Å². The van der Waals surface area contributed by atoms with Crippen LogP contribution in [-0.2, 0) is 33.6 Å². The number of esters is 2. The lowest BCUT2D eigenvalue weighted by Gasteiger charge is -2.50. The van der Waals surface area contributed by atoms with Crippen molar-refractivity contribution in [3.05, 3.63) is 345 Å². The fourth-order valence-electron chi connectivity index (χ4n) is 19.3. The number of aliphatic hydroxyl groups excluding tert-OH is 1. The highest BCUT2D eigenvalue weighted by molar-refractivity contribution is 5.99. The van der Waals surface area contributed by atoms with Gasteiger partial charge in [0.25, 0.3) is 0 Å². The van der Waals surface area contributed by atoms with Crippen molar-refractivity contribution >= 4 is 45.2 Å². The number of aromatic hydroxyl groups is 11. The van der Waals surface area contributed by atoms with Gasteiger partial charge in [-0.2, -0.15) is 0 Å². The second-order valence-corrected chi connectivity index (χ2v) is 34.5. The number of carbonyl (C=O) groups excluding carboxylic acids is 2. The molecule has 4 heterocycles. The fourth-order valence-corrected chi connectivity index (χ4v) is 19.3. The summed E-state index contributed by atoms with van der Waals surface area (Å²) in [5.74, 6) is 2.48. The van der Waals surface area contributed by atoms with E-state index in [0.29, 0.717) is 66.1 Å². The summed E-state index contributed by atoms with van der Waals surface area (Å²) in [6.45, 7) is 10.8. The zero-order valence-electron chi connectivity index (χ0n) is 74.1. The first-order valence-corrected chi connectivity index (χ1v) is 44.4. The first-order valence-electron chi connectivity index (χ1n) is 44.4. The van der Waals surface area contributed by atoms with Gasteiger partial charge in [-0.25, -0.2) is 0 Å². The Morgan fingerprint density at radius 1 is 0.481 bits per heavy atom. The second kappa shape index (κ2) is 41.8. The standard InChI is InChI=1S/C26H29NO.C18H18O4.C18H24O2.C18H20O2.C15H10O6.C15H10O5/c1-4-25(21-11-7-5-8-12-21)26(22-13-9-6-10-14-22)23-15-17-24(18-16-23)28-20-19-27(2)3;19-15-5-1-3-12(8-15)7-14-11-22-18(21)17(14)10-13-4-2-6-16(20)9-13;1-18-9-8-14-13-5-3-12(19)10-11(13)2-4-15(14)16(18)6-7-17(18)20;1-3-17(13-5-9-15(19)10-6-13)18(4-2)14-7-11-16(20)12-8-14;16-6-1-2-8-10(4-6)20-14-12(8)15(19)21-11-5-7(17)3-9(18)13(11)14;16-9-3-1-8(2-4-9)11-7-20-13-6-10(17)5-12(18)14(13)15(11)19/h5-18H,4,19-20H2,1-3H3;1-6,8-9,14,17,19-20H,7,10-11H2;3,5,10,14-17,19-20H,2,4,6-9H2,1H3;5-12,19-20H,3-4H2,1-2H3;1-5,12,14,16-18H;1-7,16-18H/b26-25-;;;18-17+;;. The van der Waals surface area contributed by atoms with Crippen LogP contribution in [0.4, 0.5) is 0 Å². The molecule has 3 aliphatic carbocycles. The molecule has 13 aromatic rings. The van der Waals surface area contributed by atoms with Crippen molar-refractivity contribution in [2.75, 3.05) is 33.9 Å². The largest absolute Gasteiger partial charge is 0.508 e. The number of phenolic OH excluding ortho intramolecular Hbond substituents is 11. The van der Waals surface area contributed by atoms with Crippen LogP contribution in [0.15, 0.2) is 282 Å². The Balaban J connectivity index is 0.000000127. The number of carbonyl (C=O) groups is 2. The highest BCUT2D eigenvalue weighted by Crippen LogP contribution is 2.61. The molecule has 1 aromatic heterocycles. The lowest BCUT2D eigenvalue weighted by molar-refractivity contribution is -0.141. The molecule has 9 unspecified atom stereocenters. The van der Waals surface area contributed by atoms with E-state index in [2.05, 4.69) is 138 Å². The summed E-state index contributed by atoms with van der Waals surface area (Å²) in [5.41, 5.74) is 17.5. The first kappa shape index (κ1) is 92.8. The van der Waals surface area contributed by atoms with E-state index in [1.54, 1.807) is 78.9 Å². The molecule has 12 N–H and O–H groups in total. The average molecular weight is 1770 g/mol. The van der Waals surface area contributed by atoms with Crippen molar-refractivity contribution in [1.29, 1.82) is 0 Å². The minimum atomic E-state index is -0.737. The fraction of sp³-hybridized carbons (Fsp3) is 0.264. The topological polar surface area (TPSA) is 347 Å². The smallest absolute Gasteiger partial charge is 0.323 e. The molecule has 1 saturated heterocycles. The Labute approximate surface area is 761 Å². The van der Waals surface area contributed by atoms with E-state index in [1.165, 1.54) is 118 Å². The number of aryl methyl sites for hydroxylation is 1. The number of aliphatic hydroxyl groups is 1. The van der Waals surface area contributed by atoms with Crippen molar-refractivity contribution in [2.45, 2.75) is 122 Å². The van der Waals surface area contributed by atoms with Gasteiger partial charge >= 0.3 is 11.9 Å². The Morgan fingerprint density at radius 3 is 1.61 bits per heavy atom. The van der Waals surface area contributed by atoms with Crippen LogP contribution in [0.5, 0.6) is 80.5 Å². The lowest BCUT2D eigenvalue weighted by Crippen LogP contribution is -2.43. The number of hydrogen-bond acceptors (Lipinski definition) is 21. The molecule has 676 valence electrons. The molecule has 3 aliphatic heterocycles. The number of hydrogen-bond donors (Lipinski definition) is 12. The molecule has 12 aromatic carbocycles. The van der Waals surface area contributed by atoms with Crippen LogP contribution in [0, 0.1) is 29.1 Å². The number of rotatable bonds is 17. The molecule has 6 aliphatic rings. The zero-order chi connectivity index (χ0) is 92.7. The Morgan fingerprint density at radius 2 is 1.01 bits per heavy atom. The van der Waals surface area contributed by atoms with Crippen molar-refractivity contribution in [3.8, 4) is 91.6 Å². The van der Waals surface area contributed by atoms with E-state index in [0.717, 1.165) is 85.1 Å². The molecular weight excluding hydrogens is 1660 g/mol. The maximum Gasteiger partial charge on any atom is 0.323 e. The number of nitrogens with zero attached hydrogens (tertiary/aromatic N) is 1. The van der Waals surface area contributed by atoms with Crippen molar-refractivity contribution in [3.63, 3.8) is 0 Å². The van der Waals surface area contributed by atoms with Crippen LogP contribution in [0.1, 0.15) is 158 Å². The summed E-state index contributed by atoms with van der Waals surface area (Å²) in [7, 11) is 4.11. The third-order valence-corrected chi connectivity index (χ3v) is 25.8. The Kier molecular flexibility index (Phi) is 29.6. The molecule has 0 amide bonds. The third-order valence-electron chi connectivity index (χ3n) is 25.8. The summed E-state index contributed by atoms with van der Waals surface area (Å²) in [6, 6.07) is 79.8. The summed E-state index contributed by atoms with van der Waals surface area (Å²) in [4.78, 5) is 38.7. The van der Waals surface area contributed by atoms with E-state index in [1.807, 2.05) is 48.5 Å². The van der Waals surface area contributed by atoms with Crippen molar-refractivity contribution in [1.82, 2.24) is 4.90 Å². The van der Waals surface area contributed by atoms with Crippen LogP contribution in [0.3, 0.4) is 0 Å². The lowest BCUT2D eigenvalue weighted by atomic mass is 9.55. The highest BCUT2D eigenvalue weighted by Gasteiger charge is 2.55. The minimum Gasteiger partial charge on any atom is -0.508 e. The minimum absolute atomic E-state index is 0.00775. The number of benzene rings is 12. The van der Waals surface area contributed by atoms with E-state index < -0.39 is 23.4 Å². The molecule has 131 heavy (non-hydrogen) atoms. The van der Waals surface area contributed by atoms with Gasteiger partial charge in [-0.05, 0) is 277 Å². The quantitative estimate of drug-likeness (QED) is 0.0229. The van der Waals surface area contributed by atoms with Gasteiger partial charge in [0.2, 0.25) is 5.43 Å². The van der Waals surface area contributed by atoms with Gasteiger partial charge in [-0.15, -0.1) is 0 Å².